The first-order valence-corrected chi connectivity index (χ1v) is 10.3. The van der Waals surface area contributed by atoms with E-state index in [1.165, 1.54) is 0 Å². The van der Waals surface area contributed by atoms with E-state index in [2.05, 4.69) is 5.32 Å². The first-order valence-electron chi connectivity index (χ1n) is 8.43. The van der Waals surface area contributed by atoms with Crippen LogP contribution < -0.4 is 10.1 Å². The van der Waals surface area contributed by atoms with Crippen molar-refractivity contribution in [3.8, 4) is 5.75 Å². The van der Waals surface area contributed by atoms with Gasteiger partial charge >= 0.3 is 0 Å². The minimum absolute atomic E-state index is 0.00106. The topological polar surface area (TPSA) is 38.3 Å². The number of halogens is 5. The zero-order valence-corrected chi connectivity index (χ0v) is 18.5. The van der Waals surface area contributed by atoms with Crippen molar-refractivity contribution in [2.75, 3.05) is 6.61 Å². The smallest absolute Gasteiger partial charge is 0.258 e. The van der Waals surface area contributed by atoms with Crippen molar-refractivity contribution < 1.29 is 9.53 Å². The lowest BCUT2D eigenvalue weighted by atomic mass is 9.99. The summed E-state index contributed by atoms with van der Waals surface area (Å²) in [4.78, 5) is 12.6. The Hall–Kier alpha value is -1.62. The molecule has 0 spiro atoms. The van der Waals surface area contributed by atoms with Crippen LogP contribution in [0.15, 0.2) is 60.7 Å². The Kier molecular flexibility index (Phi) is 7.55. The van der Waals surface area contributed by atoms with Crippen LogP contribution in [0.2, 0.25) is 25.1 Å². The Morgan fingerprint density at radius 1 is 0.724 bits per heavy atom. The van der Waals surface area contributed by atoms with Gasteiger partial charge in [0, 0.05) is 0 Å². The summed E-state index contributed by atoms with van der Waals surface area (Å²) in [5.74, 6) is -0.379. The number of benzene rings is 3. The van der Waals surface area contributed by atoms with Gasteiger partial charge in [0.2, 0.25) is 0 Å². The Balaban J connectivity index is 1.79. The molecule has 0 atom stereocenters. The highest BCUT2D eigenvalue weighted by molar-refractivity contribution is 6.55. The molecule has 0 aromatic heterocycles. The van der Waals surface area contributed by atoms with Crippen molar-refractivity contribution in [3.63, 3.8) is 0 Å². The lowest BCUT2D eigenvalue weighted by molar-refractivity contribution is -0.123. The molecular weight excluding hydrogens is 476 g/mol. The zero-order valence-electron chi connectivity index (χ0n) is 14.8. The number of carbonyl (C=O) groups is 1. The first kappa shape index (κ1) is 22.1. The van der Waals surface area contributed by atoms with Crippen LogP contribution in [-0.2, 0) is 4.79 Å². The fraction of sp³-hybridized carbons (Fsp3) is 0.0952. The molecule has 0 aliphatic heterocycles. The Bertz CT molecular complexity index is 944. The van der Waals surface area contributed by atoms with E-state index in [1.807, 2.05) is 60.7 Å². The van der Waals surface area contributed by atoms with E-state index in [9.17, 15) is 4.79 Å². The van der Waals surface area contributed by atoms with Crippen molar-refractivity contribution in [1.29, 1.82) is 0 Å². The highest BCUT2D eigenvalue weighted by atomic mass is 35.5. The molecule has 3 aromatic carbocycles. The molecule has 3 nitrogen and oxygen atoms in total. The van der Waals surface area contributed by atoms with Crippen LogP contribution in [0.25, 0.3) is 0 Å². The van der Waals surface area contributed by atoms with Crippen LogP contribution in [0, 0.1) is 0 Å². The number of amides is 1. The molecule has 0 heterocycles. The summed E-state index contributed by atoms with van der Waals surface area (Å²) in [6.45, 7) is -0.343. The van der Waals surface area contributed by atoms with Crippen LogP contribution in [0.4, 0.5) is 0 Å². The van der Waals surface area contributed by atoms with Gasteiger partial charge in [0.05, 0.1) is 21.1 Å². The Labute approximate surface area is 193 Å². The summed E-state index contributed by atoms with van der Waals surface area (Å²) in [6.07, 6.45) is 0. The zero-order chi connectivity index (χ0) is 21.0. The average molecular weight is 490 g/mol. The molecule has 0 aliphatic carbocycles. The second kappa shape index (κ2) is 9.92. The maximum atomic E-state index is 12.6. The molecule has 0 unspecified atom stereocenters. The van der Waals surface area contributed by atoms with Crippen LogP contribution >= 0.6 is 58.0 Å². The Morgan fingerprint density at radius 3 is 1.59 bits per heavy atom. The molecule has 0 aliphatic rings. The summed E-state index contributed by atoms with van der Waals surface area (Å²) in [5, 5.41) is 2.96. The molecule has 0 radical (unpaired) electrons. The van der Waals surface area contributed by atoms with E-state index in [0.717, 1.165) is 11.1 Å². The summed E-state index contributed by atoms with van der Waals surface area (Å²) in [7, 11) is 0. The van der Waals surface area contributed by atoms with Gasteiger partial charge in [0.15, 0.2) is 12.4 Å². The summed E-state index contributed by atoms with van der Waals surface area (Å²) < 4.78 is 5.52. The molecule has 0 saturated carbocycles. The SMILES string of the molecule is O=C(COc1c(Cl)c(Cl)c(Cl)c(Cl)c1Cl)NC(c1ccccc1)c1ccccc1. The van der Waals surface area contributed by atoms with Gasteiger partial charge in [-0.05, 0) is 11.1 Å². The van der Waals surface area contributed by atoms with Crippen molar-refractivity contribution >= 4 is 63.9 Å². The highest BCUT2D eigenvalue weighted by Crippen LogP contribution is 2.48. The number of carbonyl (C=O) groups excluding carboxylic acids is 1. The fourth-order valence-corrected chi connectivity index (χ4v) is 3.93. The quantitative estimate of drug-likeness (QED) is 0.293. The molecule has 3 aromatic rings. The lowest BCUT2D eigenvalue weighted by Gasteiger charge is -2.20. The number of hydrogen-bond acceptors (Lipinski definition) is 2. The molecular formula is C21H14Cl5NO2. The van der Waals surface area contributed by atoms with Crippen molar-refractivity contribution in [1.82, 2.24) is 5.32 Å². The van der Waals surface area contributed by atoms with Gasteiger partial charge in [-0.3, -0.25) is 4.79 Å². The molecule has 3 rings (SSSR count). The standard InChI is InChI=1S/C21H14Cl5NO2/c22-15-16(23)18(25)21(19(26)17(15)24)29-11-14(28)27-20(12-7-3-1-4-8-12)13-9-5-2-6-10-13/h1-10,20H,11H2,(H,27,28). The van der Waals surface area contributed by atoms with Gasteiger partial charge in [-0.2, -0.15) is 0 Å². The lowest BCUT2D eigenvalue weighted by Crippen LogP contribution is -2.33. The predicted molar refractivity (Wildman–Crippen MR) is 120 cm³/mol. The molecule has 0 fully saturated rings. The minimum atomic E-state index is -0.378. The normalized spacial score (nSPS) is 10.8. The largest absolute Gasteiger partial charge is 0.481 e. The third-order valence-electron chi connectivity index (χ3n) is 4.09. The van der Waals surface area contributed by atoms with E-state index in [4.69, 9.17) is 62.7 Å². The highest BCUT2D eigenvalue weighted by Gasteiger charge is 2.22. The van der Waals surface area contributed by atoms with E-state index in [1.54, 1.807) is 0 Å². The first-order chi connectivity index (χ1) is 13.9. The number of hydrogen-bond donors (Lipinski definition) is 1. The maximum absolute atomic E-state index is 12.6. The van der Waals surface area contributed by atoms with Crippen LogP contribution in [0.1, 0.15) is 17.2 Å². The second-order valence-corrected chi connectivity index (χ2v) is 7.90. The van der Waals surface area contributed by atoms with Crippen molar-refractivity contribution in [2.45, 2.75) is 6.04 Å². The summed E-state index contributed by atoms with van der Waals surface area (Å²) in [5.41, 5.74) is 1.86. The van der Waals surface area contributed by atoms with E-state index < -0.39 is 0 Å². The molecule has 29 heavy (non-hydrogen) atoms. The molecule has 8 heteroatoms. The van der Waals surface area contributed by atoms with Gasteiger partial charge in [0.1, 0.15) is 10.0 Å². The predicted octanol–water partition coefficient (Wildman–Crippen LogP) is 7.24. The van der Waals surface area contributed by atoms with Gasteiger partial charge in [-0.25, -0.2) is 0 Å². The average Bonchev–Trinajstić information content (AvgIpc) is 2.76. The van der Waals surface area contributed by atoms with Crippen LogP contribution in [-0.4, -0.2) is 12.5 Å². The molecule has 0 saturated heterocycles. The third-order valence-corrected chi connectivity index (χ3v) is 6.33. The molecule has 150 valence electrons. The van der Waals surface area contributed by atoms with Gasteiger partial charge in [-0.15, -0.1) is 0 Å². The van der Waals surface area contributed by atoms with Crippen molar-refractivity contribution in [3.05, 3.63) is 96.9 Å². The van der Waals surface area contributed by atoms with Crippen molar-refractivity contribution in [2.24, 2.45) is 0 Å². The van der Waals surface area contributed by atoms with Crippen LogP contribution in [0.3, 0.4) is 0 Å². The molecule has 1 amide bonds. The molecule has 1 N–H and O–H groups in total. The van der Waals surface area contributed by atoms with Gasteiger partial charge in [0.25, 0.3) is 5.91 Å². The molecule has 0 bridgehead atoms. The minimum Gasteiger partial charge on any atom is -0.481 e. The third kappa shape index (κ3) is 5.11. The maximum Gasteiger partial charge on any atom is 0.258 e. The Morgan fingerprint density at radius 2 is 1.14 bits per heavy atom. The van der Waals surface area contributed by atoms with Gasteiger partial charge in [-0.1, -0.05) is 119 Å². The number of ether oxygens (including phenoxy) is 1. The van der Waals surface area contributed by atoms with E-state index in [-0.39, 0.29) is 49.4 Å². The van der Waals surface area contributed by atoms with Gasteiger partial charge < -0.3 is 10.1 Å². The van der Waals surface area contributed by atoms with E-state index >= 15 is 0 Å². The fourth-order valence-electron chi connectivity index (χ4n) is 2.70. The summed E-state index contributed by atoms with van der Waals surface area (Å²) >= 11 is 30.3. The number of rotatable bonds is 6. The monoisotopic (exact) mass is 487 g/mol. The van der Waals surface area contributed by atoms with E-state index in [0.29, 0.717) is 0 Å². The number of nitrogens with one attached hydrogen (secondary N) is 1. The van der Waals surface area contributed by atoms with Crippen LogP contribution in [0.5, 0.6) is 5.75 Å². The second-order valence-electron chi connectivity index (χ2n) is 6.01. The summed E-state index contributed by atoms with van der Waals surface area (Å²) in [6, 6.07) is 18.8.